The first-order chi connectivity index (χ1) is 9.92. The zero-order valence-corrected chi connectivity index (χ0v) is 15.8. The maximum Gasteiger partial charge on any atom is 0.322 e. The van der Waals surface area contributed by atoms with Gasteiger partial charge in [-0.05, 0) is 37.1 Å². The molecule has 0 aromatic heterocycles. The summed E-state index contributed by atoms with van der Waals surface area (Å²) in [6, 6.07) is 6.03. The van der Waals surface area contributed by atoms with Gasteiger partial charge in [-0.15, -0.1) is 0 Å². The molecule has 1 heterocycles. The number of hydrogen-bond acceptors (Lipinski definition) is 2. The van der Waals surface area contributed by atoms with Gasteiger partial charge in [0.2, 0.25) is 0 Å². The molecule has 0 unspecified atom stereocenters. The number of quaternary nitrogens is 1. The van der Waals surface area contributed by atoms with Crippen molar-refractivity contribution in [1.29, 1.82) is 0 Å². The number of urea groups is 1. The summed E-state index contributed by atoms with van der Waals surface area (Å²) in [4.78, 5) is 14.2. The Hall–Kier alpha value is -0.860. The van der Waals surface area contributed by atoms with Crippen molar-refractivity contribution in [2.24, 2.45) is 0 Å². The van der Waals surface area contributed by atoms with Crippen LogP contribution in [0.3, 0.4) is 0 Å². The number of carbonyl (C=O) groups excluding carboxylic acids is 1. The molecule has 5 nitrogen and oxygen atoms in total. The zero-order chi connectivity index (χ0) is 15.5. The summed E-state index contributed by atoms with van der Waals surface area (Å²) in [5, 5.41) is 12.1. The molecule has 1 saturated heterocycles. The van der Waals surface area contributed by atoms with Crippen LogP contribution in [0.4, 0.5) is 10.5 Å². The molecule has 6 heteroatoms. The molecule has 1 fully saturated rings. The third-order valence-electron chi connectivity index (χ3n) is 4.22. The Labute approximate surface area is 149 Å². The second kappa shape index (κ2) is 8.12. The molecule has 1 aromatic carbocycles. The van der Waals surface area contributed by atoms with E-state index in [4.69, 9.17) is 5.11 Å². The maximum absolute atomic E-state index is 12.3. The van der Waals surface area contributed by atoms with Crippen LogP contribution in [0.15, 0.2) is 18.2 Å². The number of aryl methyl sites for hydroxylation is 2. The number of benzene rings is 1. The molecular weight excluding hydrogens is 393 g/mol. The van der Waals surface area contributed by atoms with Crippen LogP contribution < -0.4 is 29.3 Å². The smallest absolute Gasteiger partial charge is 0.322 e. The van der Waals surface area contributed by atoms with E-state index in [1.807, 2.05) is 30.9 Å². The first kappa shape index (κ1) is 19.2. The Morgan fingerprint density at radius 2 is 1.77 bits per heavy atom. The normalized spacial score (nSPS) is 16.8. The van der Waals surface area contributed by atoms with Crippen molar-refractivity contribution >= 4 is 11.7 Å². The van der Waals surface area contributed by atoms with E-state index in [2.05, 4.69) is 18.4 Å². The van der Waals surface area contributed by atoms with Gasteiger partial charge in [-0.1, -0.05) is 6.07 Å². The molecule has 1 aliphatic heterocycles. The number of rotatable bonds is 3. The van der Waals surface area contributed by atoms with Crippen LogP contribution in [0.25, 0.3) is 0 Å². The highest BCUT2D eigenvalue weighted by molar-refractivity contribution is 5.89. The maximum atomic E-state index is 12.3. The molecule has 0 aliphatic carbocycles. The summed E-state index contributed by atoms with van der Waals surface area (Å²) in [7, 11) is 2.13. The van der Waals surface area contributed by atoms with Gasteiger partial charge in [0.15, 0.2) is 0 Å². The molecule has 0 bridgehead atoms. The van der Waals surface area contributed by atoms with E-state index >= 15 is 0 Å². The van der Waals surface area contributed by atoms with Gasteiger partial charge in [0.05, 0.1) is 39.8 Å². The monoisotopic (exact) mass is 419 g/mol. The van der Waals surface area contributed by atoms with Crippen molar-refractivity contribution in [2.45, 2.75) is 13.8 Å². The van der Waals surface area contributed by atoms with Gasteiger partial charge in [-0.2, -0.15) is 0 Å². The van der Waals surface area contributed by atoms with Gasteiger partial charge in [0.25, 0.3) is 0 Å². The third kappa shape index (κ3) is 5.10. The Morgan fingerprint density at radius 3 is 2.27 bits per heavy atom. The van der Waals surface area contributed by atoms with Crippen molar-refractivity contribution in [3.8, 4) is 0 Å². The van der Waals surface area contributed by atoms with Crippen molar-refractivity contribution in [2.75, 3.05) is 51.7 Å². The highest BCUT2D eigenvalue weighted by Gasteiger charge is 2.30. The largest absolute Gasteiger partial charge is 1.00 e. The molecule has 2 rings (SSSR count). The summed E-state index contributed by atoms with van der Waals surface area (Å²) in [5.41, 5.74) is 3.16. The number of amides is 2. The fourth-order valence-electron chi connectivity index (χ4n) is 2.87. The number of piperazine rings is 1. The van der Waals surface area contributed by atoms with E-state index < -0.39 is 0 Å². The SMILES string of the molecule is Cc1cc(C)cc(NC(=O)N2CC[N+](C)(CCO)CC2)c1.[I-]. The first-order valence-electron chi connectivity index (χ1n) is 7.50. The zero-order valence-electron chi connectivity index (χ0n) is 13.6. The number of likely N-dealkylation sites (N-methyl/N-ethyl adjacent to an activating group) is 1. The average Bonchev–Trinajstić information content (AvgIpc) is 2.38. The molecule has 0 spiro atoms. The molecule has 1 aliphatic rings. The Kier molecular flexibility index (Phi) is 7.08. The lowest BCUT2D eigenvalue weighted by Crippen LogP contribution is -3.00. The minimum atomic E-state index is -0.0322. The first-order valence-corrected chi connectivity index (χ1v) is 7.50. The molecule has 1 aromatic rings. The number of halogens is 1. The summed E-state index contributed by atoms with van der Waals surface area (Å²) in [6.45, 7) is 8.25. The van der Waals surface area contributed by atoms with Crippen LogP contribution in [-0.2, 0) is 0 Å². The van der Waals surface area contributed by atoms with Gasteiger partial charge in [0.1, 0.15) is 6.54 Å². The molecule has 0 saturated carbocycles. The summed E-state index contributed by atoms with van der Waals surface area (Å²) >= 11 is 0. The quantitative estimate of drug-likeness (QED) is 0.468. The number of aliphatic hydroxyl groups is 1. The number of anilines is 1. The van der Waals surface area contributed by atoms with E-state index in [0.29, 0.717) is 0 Å². The number of hydrogen-bond donors (Lipinski definition) is 2. The van der Waals surface area contributed by atoms with Crippen molar-refractivity contribution in [1.82, 2.24) is 4.90 Å². The summed E-state index contributed by atoms with van der Waals surface area (Å²) in [5.74, 6) is 0. The van der Waals surface area contributed by atoms with E-state index in [-0.39, 0.29) is 36.6 Å². The van der Waals surface area contributed by atoms with Crippen LogP contribution in [0.5, 0.6) is 0 Å². The molecular formula is C16H26IN3O2. The Morgan fingerprint density at radius 1 is 1.23 bits per heavy atom. The lowest BCUT2D eigenvalue weighted by molar-refractivity contribution is -0.913. The second-order valence-electron chi connectivity index (χ2n) is 6.31. The highest BCUT2D eigenvalue weighted by Crippen LogP contribution is 2.16. The topological polar surface area (TPSA) is 52.6 Å². The summed E-state index contributed by atoms with van der Waals surface area (Å²) in [6.07, 6.45) is 0. The Bertz CT molecular complexity index is 494. The molecule has 2 N–H and O–H groups in total. The Balaban J connectivity index is 0.00000242. The van der Waals surface area contributed by atoms with Crippen molar-refractivity contribution in [3.05, 3.63) is 29.3 Å². The van der Waals surface area contributed by atoms with Gasteiger partial charge in [0, 0.05) is 5.69 Å². The van der Waals surface area contributed by atoms with E-state index in [0.717, 1.165) is 54.0 Å². The van der Waals surface area contributed by atoms with Crippen LogP contribution in [0.1, 0.15) is 11.1 Å². The van der Waals surface area contributed by atoms with Gasteiger partial charge in [-0.3, -0.25) is 0 Å². The van der Waals surface area contributed by atoms with E-state index in [1.165, 1.54) is 0 Å². The molecule has 124 valence electrons. The lowest BCUT2D eigenvalue weighted by Gasteiger charge is -2.41. The van der Waals surface area contributed by atoms with E-state index in [1.54, 1.807) is 0 Å². The second-order valence-corrected chi connectivity index (χ2v) is 6.31. The predicted molar refractivity (Wildman–Crippen MR) is 84.4 cm³/mol. The fourth-order valence-corrected chi connectivity index (χ4v) is 2.87. The van der Waals surface area contributed by atoms with Gasteiger partial charge in [-0.25, -0.2) is 4.79 Å². The van der Waals surface area contributed by atoms with Crippen LogP contribution in [-0.4, -0.2) is 66.9 Å². The number of carbonyl (C=O) groups is 1. The molecule has 0 radical (unpaired) electrons. The summed E-state index contributed by atoms with van der Waals surface area (Å²) < 4.78 is 0.837. The van der Waals surface area contributed by atoms with Crippen LogP contribution >= 0.6 is 0 Å². The van der Waals surface area contributed by atoms with E-state index in [9.17, 15) is 4.79 Å². The highest BCUT2D eigenvalue weighted by atomic mass is 127. The van der Waals surface area contributed by atoms with Gasteiger partial charge >= 0.3 is 6.03 Å². The molecule has 2 amide bonds. The molecule has 0 atom stereocenters. The number of aliphatic hydroxyl groups excluding tert-OH is 1. The predicted octanol–water partition coefficient (Wildman–Crippen LogP) is -1.41. The number of nitrogens with zero attached hydrogens (tertiary/aromatic N) is 2. The van der Waals surface area contributed by atoms with Crippen molar-refractivity contribution in [3.63, 3.8) is 0 Å². The minimum Gasteiger partial charge on any atom is -1.00 e. The van der Waals surface area contributed by atoms with Crippen LogP contribution in [0.2, 0.25) is 0 Å². The van der Waals surface area contributed by atoms with Crippen LogP contribution in [0, 0.1) is 13.8 Å². The average molecular weight is 419 g/mol. The third-order valence-corrected chi connectivity index (χ3v) is 4.22. The van der Waals surface area contributed by atoms with Gasteiger partial charge < -0.3 is 43.8 Å². The number of nitrogens with one attached hydrogen (secondary N) is 1. The minimum absolute atomic E-state index is 0. The fraction of sp³-hybridized carbons (Fsp3) is 0.562. The molecule has 22 heavy (non-hydrogen) atoms. The lowest BCUT2D eigenvalue weighted by atomic mass is 10.1. The standard InChI is InChI=1S/C16H25N3O2.HI/c1-13-10-14(2)12-15(11-13)17-16(21)18-4-6-19(3,7-5-18)8-9-20;/h10-12,20H,4-9H2,1-3H3;1H. The van der Waals surface area contributed by atoms with Crippen molar-refractivity contribution < 1.29 is 38.4 Å².